The molecule has 0 amide bonds. The summed E-state index contributed by atoms with van der Waals surface area (Å²) in [5, 5.41) is 7.37. The van der Waals surface area contributed by atoms with Crippen LogP contribution in [0.3, 0.4) is 0 Å². The number of rotatable bonds is 6. The zero-order chi connectivity index (χ0) is 20.9. The van der Waals surface area contributed by atoms with Crippen LogP contribution in [0.4, 0.5) is 0 Å². The van der Waals surface area contributed by atoms with Gasteiger partial charge in [0.2, 0.25) is 0 Å². The minimum Gasteiger partial charge on any atom is -0.299 e. The van der Waals surface area contributed by atoms with Gasteiger partial charge in [0.1, 0.15) is 5.94 Å². The summed E-state index contributed by atoms with van der Waals surface area (Å²) in [6.45, 7) is 0. The maximum atomic E-state index is 5.68. The van der Waals surface area contributed by atoms with Gasteiger partial charge in [0.25, 0.3) is 0 Å². The van der Waals surface area contributed by atoms with Crippen molar-refractivity contribution in [3.05, 3.63) is 138 Å². The van der Waals surface area contributed by atoms with E-state index in [0.717, 1.165) is 10.6 Å². The van der Waals surface area contributed by atoms with Gasteiger partial charge in [0.15, 0.2) is 0 Å². The molecule has 31 heavy (non-hydrogen) atoms. The van der Waals surface area contributed by atoms with Crippen molar-refractivity contribution in [2.45, 2.75) is 0 Å². The zero-order valence-electron chi connectivity index (χ0n) is 16.8. The number of hydrogen-bond acceptors (Lipinski definition) is 0. The van der Waals surface area contributed by atoms with Crippen LogP contribution in [0.2, 0.25) is 0 Å². The van der Waals surface area contributed by atoms with Crippen molar-refractivity contribution < 1.29 is 4.42 Å². The monoisotopic (exact) mass is 434 g/mol. The molecule has 148 valence electrons. The highest BCUT2D eigenvalue weighted by Crippen LogP contribution is 2.56. The number of allylic oxidation sites excluding steroid dienone is 2. The molecule has 1 aliphatic heterocycles. The molecule has 1 heterocycles. The van der Waals surface area contributed by atoms with Gasteiger partial charge in [-0.05, 0) is 39.8 Å². The minimum atomic E-state index is -0.807. The van der Waals surface area contributed by atoms with Crippen LogP contribution in [0.5, 0.6) is 0 Å². The number of carbonyl (C=O) groups excluding carboxylic acids is 1. The third-order valence-corrected chi connectivity index (χ3v) is 9.98. The van der Waals surface area contributed by atoms with E-state index in [9.17, 15) is 0 Å². The smallest absolute Gasteiger partial charge is 0.299 e. The van der Waals surface area contributed by atoms with Crippen LogP contribution in [-0.4, -0.2) is 5.94 Å². The van der Waals surface area contributed by atoms with E-state index in [1.807, 2.05) is 0 Å². The fourth-order valence-electron chi connectivity index (χ4n) is 3.64. The van der Waals surface area contributed by atoms with E-state index in [2.05, 4.69) is 134 Å². The van der Waals surface area contributed by atoms with Gasteiger partial charge in [0.05, 0.1) is 0 Å². The van der Waals surface area contributed by atoms with Crippen molar-refractivity contribution in [2.24, 2.45) is 0 Å². The molecule has 0 radical (unpaired) electrons. The van der Waals surface area contributed by atoms with Crippen molar-refractivity contribution in [3.8, 4) is 0 Å². The zero-order valence-corrected chi connectivity index (χ0v) is 18.6. The molecular weight excluding hydrogens is 414 g/mol. The Morgan fingerprint density at radius 3 is 1.23 bits per heavy atom. The van der Waals surface area contributed by atoms with Gasteiger partial charge in [-0.15, -0.1) is 0 Å². The van der Waals surface area contributed by atoms with Crippen LogP contribution in [0.25, 0.3) is 0 Å². The molecule has 0 atom stereocenters. The maximum Gasteiger partial charge on any atom is 0.310 e. The fourth-order valence-corrected chi connectivity index (χ4v) is 8.54. The molecule has 0 aliphatic carbocycles. The maximum absolute atomic E-state index is 5.68. The first-order valence-electron chi connectivity index (χ1n) is 10.1. The normalized spacial score (nSPS) is 12.8. The highest BCUT2D eigenvalue weighted by atomic mass is 31.1. The summed E-state index contributed by atoms with van der Waals surface area (Å²) in [4.78, 5) is 0. The van der Waals surface area contributed by atoms with Gasteiger partial charge in [0, 0.05) is 0 Å². The molecule has 4 aromatic carbocycles. The first-order chi connectivity index (χ1) is 15.4. The van der Waals surface area contributed by atoms with Crippen LogP contribution in [0, 0.1) is 6.26 Å². The summed E-state index contributed by atoms with van der Waals surface area (Å²) in [5.41, 5.74) is 0. The van der Waals surface area contributed by atoms with Crippen molar-refractivity contribution in [1.82, 2.24) is 0 Å². The summed E-state index contributed by atoms with van der Waals surface area (Å²) in [7, 11) is -1.61. The van der Waals surface area contributed by atoms with E-state index in [-0.39, 0.29) is 0 Å². The molecule has 5 rings (SSSR count). The Kier molecular flexibility index (Phi) is 6.01. The third-order valence-electron chi connectivity index (χ3n) is 5.02. The molecule has 1 nitrogen and oxygen atoms in total. The Hall–Kier alpha value is -3.07. The summed E-state index contributed by atoms with van der Waals surface area (Å²) < 4.78 is 5.68. The second-order valence-electron chi connectivity index (χ2n) is 7.02. The second kappa shape index (κ2) is 9.38. The predicted octanol–water partition coefficient (Wildman–Crippen LogP) is 5.16. The van der Waals surface area contributed by atoms with E-state index in [1.165, 1.54) is 21.2 Å². The first-order valence-corrected chi connectivity index (χ1v) is 12.8. The Morgan fingerprint density at radius 1 is 0.484 bits per heavy atom. The number of benzene rings is 4. The van der Waals surface area contributed by atoms with Crippen molar-refractivity contribution in [2.75, 3.05) is 0 Å². The lowest BCUT2D eigenvalue weighted by atomic mass is 10.4. The largest absolute Gasteiger partial charge is 0.310 e. The molecule has 0 unspecified atom stereocenters. The molecule has 1 aliphatic rings. The molecule has 0 bridgehead atoms. The molecule has 4 aromatic rings. The van der Waals surface area contributed by atoms with E-state index in [4.69, 9.17) is 4.42 Å². The molecule has 3 heteroatoms. The Balaban J connectivity index is 1.65. The average Bonchev–Trinajstić information content (AvgIpc) is 3.31. The molecular formula is C28H20OP2. The van der Waals surface area contributed by atoms with Crippen LogP contribution < -0.4 is 21.2 Å². The summed E-state index contributed by atoms with van der Waals surface area (Å²) in [6.07, 6.45) is 3.24. The summed E-state index contributed by atoms with van der Waals surface area (Å²) in [6, 6.07) is 42.7. The van der Waals surface area contributed by atoms with Crippen LogP contribution in [0.1, 0.15) is 0 Å². The molecule has 0 aromatic heterocycles. The number of hydrogen-bond donors (Lipinski definition) is 0. The Labute approximate surface area is 185 Å². The summed E-state index contributed by atoms with van der Waals surface area (Å²) >= 11 is 0. The van der Waals surface area contributed by atoms with E-state index in [0.29, 0.717) is 0 Å². The Morgan fingerprint density at radius 2 is 0.839 bits per heavy atom. The second-order valence-corrected chi connectivity index (χ2v) is 11.3. The molecule has 0 saturated heterocycles. The molecule has 0 N–H and O–H groups in total. The van der Waals surface area contributed by atoms with E-state index in [1.54, 1.807) is 0 Å². The Bertz CT molecular complexity index is 1160. The fraction of sp³-hybridized carbons (Fsp3) is 0. The van der Waals surface area contributed by atoms with Gasteiger partial charge >= 0.3 is 6.26 Å². The van der Waals surface area contributed by atoms with Gasteiger partial charge in [-0.2, -0.15) is 0 Å². The van der Waals surface area contributed by atoms with Gasteiger partial charge in [-0.25, -0.2) is 0 Å². The molecule has 0 saturated carbocycles. The van der Waals surface area contributed by atoms with Crippen LogP contribution in [0.15, 0.2) is 132 Å². The lowest BCUT2D eigenvalue weighted by molar-refractivity contribution is 0.231. The minimum absolute atomic E-state index is 0.807. The highest BCUT2D eigenvalue weighted by Gasteiger charge is 2.28. The van der Waals surface area contributed by atoms with E-state index >= 15 is 0 Å². The van der Waals surface area contributed by atoms with E-state index < -0.39 is 15.8 Å². The van der Waals surface area contributed by atoms with Gasteiger partial charge in [-0.3, -0.25) is 4.42 Å². The van der Waals surface area contributed by atoms with Crippen molar-refractivity contribution >= 4 is 43.0 Å². The van der Waals surface area contributed by atoms with Crippen LogP contribution in [-0.2, 0) is 4.42 Å². The van der Waals surface area contributed by atoms with Crippen LogP contribution >= 0.6 is 15.8 Å². The SMILES string of the molecule is C1=[O+][C-]=C(P(c2ccccc2)c2ccccc2)C=1P(c1ccccc1)c1ccccc1. The first kappa shape index (κ1) is 19.9. The lowest BCUT2D eigenvalue weighted by Gasteiger charge is -2.29. The van der Waals surface area contributed by atoms with Crippen molar-refractivity contribution in [3.63, 3.8) is 0 Å². The lowest BCUT2D eigenvalue weighted by Crippen LogP contribution is -2.17. The topological polar surface area (TPSA) is 11.3 Å². The quantitative estimate of drug-likeness (QED) is 0.172. The third kappa shape index (κ3) is 4.23. The molecule has 0 fully saturated rings. The average molecular weight is 434 g/mol. The predicted molar refractivity (Wildman–Crippen MR) is 134 cm³/mol. The van der Waals surface area contributed by atoms with Crippen molar-refractivity contribution in [1.29, 1.82) is 0 Å². The van der Waals surface area contributed by atoms with Gasteiger partial charge < -0.3 is 0 Å². The van der Waals surface area contributed by atoms with Gasteiger partial charge in [-0.1, -0.05) is 129 Å². The highest BCUT2D eigenvalue weighted by molar-refractivity contribution is 7.82. The standard InChI is InChI=1S/C28H20OP2/c1-5-13-23(14-6-1)30(24-15-7-2-8-16-24)27-21-29-22-28(27)31(25-17-9-3-10-18-25)26-19-11-4-12-20-26/h1-20H. The molecule has 0 spiro atoms. The summed E-state index contributed by atoms with van der Waals surface area (Å²) in [5.74, 6) is 3.24.